The van der Waals surface area contributed by atoms with Gasteiger partial charge in [0.2, 0.25) is 0 Å². The molecule has 2 aromatic rings. The number of hydrogen-bond acceptors (Lipinski definition) is 6. The van der Waals surface area contributed by atoms with E-state index in [2.05, 4.69) is 19.9 Å². The van der Waals surface area contributed by atoms with Crippen molar-refractivity contribution in [1.82, 2.24) is 9.78 Å². The fraction of sp³-hybridized carbons (Fsp3) is 0.214. The summed E-state index contributed by atoms with van der Waals surface area (Å²) in [5.74, 6) is -1.35. The summed E-state index contributed by atoms with van der Waals surface area (Å²) in [7, 11) is 4.23. The minimum absolute atomic E-state index is 0.0512. The summed E-state index contributed by atoms with van der Waals surface area (Å²) < 4.78 is 10.7. The third-order valence-corrected chi connectivity index (χ3v) is 2.92. The summed E-state index contributed by atoms with van der Waals surface area (Å²) in [5.41, 5.74) is 1.46. The van der Waals surface area contributed by atoms with E-state index in [0.717, 1.165) is 5.69 Å². The van der Waals surface area contributed by atoms with Crippen LogP contribution in [0.25, 0.3) is 5.69 Å². The first-order valence-electron chi connectivity index (χ1n) is 6.15. The second-order valence-electron chi connectivity index (χ2n) is 4.09. The van der Waals surface area contributed by atoms with Gasteiger partial charge in [0.05, 0.1) is 25.6 Å². The zero-order valence-corrected chi connectivity index (χ0v) is 11.9. The first-order chi connectivity index (χ1) is 10.1. The van der Waals surface area contributed by atoms with Crippen molar-refractivity contribution in [2.24, 2.45) is 0 Å². The largest absolute Gasteiger partial charge is 0.465 e. The average molecular weight is 289 g/mol. The molecule has 0 aliphatic carbocycles. The Morgan fingerprint density at radius 1 is 1.14 bits per heavy atom. The topological polar surface area (TPSA) is 82.5 Å². The van der Waals surface area contributed by atoms with E-state index in [1.54, 1.807) is 13.1 Å². The van der Waals surface area contributed by atoms with Crippen molar-refractivity contribution >= 4 is 17.6 Å². The van der Waals surface area contributed by atoms with Crippen LogP contribution in [0.15, 0.2) is 30.5 Å². The Bertz CT molecular complexity index is 645. The van der Waals surface area contributed by atoms with E-state index in [4.69, 9.17) is 0 Å². The fourth-order valence-electron chi connectivity index (χ4n) is 1.89. The van der Waals surface area contributed by atoms with E-state index in [0.29, 0.717) is 5.69 Å². The van der Waals surface area contributed by atoms with Crippen molar-refractivity contribution in [2.45, 2.75) is 0 Å². The number of esters is 2. The molecule has 2 rings (SSSR count). The number of carbonyl (C=O) groups is 2. The Hall–Kier alpha value is -2.83. The number of nitrogens with zero attached hydrogens (tertiary/aromatic N) is 2. The molecule has 7 heteroatoms. The molecule has 0 fully saturated rings. The van der Waals surface area contributed by atoms with E-state index in [9.17, 15) is 9.59 Å². The number of ether oxygens (including phenoxy) is 2. The number of rotatable bonds is 4. The second kappa shape index (κ2) is 6.08. The predicted octanol–water partition coefficient (Wildman–Crippen LogP) is 1.49. The van der Waals surface area contributed by atoms with Crippen LogP contribution in [0.1, 0.15) is 20.8 Å². The van der Waals surface area contributed by atoms with Gasteiger partial charge in [-0.15, -0.1) is 0 Å². The number of anilines is 1. The van der Waals surface area contributed by atoms with Crippen LogP contribution in [0.2, 0.25) is 0 Å². The Morgan fingerprint density at radius 3 is 2.43 bits per heavy atom. The number of carbonyl (C=O) groups excluding carboxylic acids is 2. The van der Waals surface area contributed by atoms with E-state index >= 15 is 0 Å². The molecule has 0 aliphatic rings. The number of benzene rings is 1. The standard InChI is InChI=1S/C14H15N3O4/c1-15-10-6-4-5-7-11(10)17-8-9(13(18)20-2)12(16-17)14(19)21-3/h4-8,15H,1-3H3. The Morgan fingerprint density at radius 2 is 1.81 bits per heavy atom. The number of methoxy groups -OCH3 is 2. The average Bonchev–Trinajstić information content (AvgIpc) is 2.98. The molecule has 0 radical (unpaired) electrons. The molecule has 0 aliphatic heterocycles. The van der Waals surface area contributed by atoms with Crippen molar-refractivity contribution in [3.63, 3.8) is 0 Å². The summed E-state index contributed by atoms with van der Waals surface area (Å²) >= 11 is 0. The van der Waals surface area contributed by atoms with E-state index < -0.39 is 11.9 Å². The molecule has 0 spiro atoms. The van der Waals surface area contributed by atoms with Gasteiger partial charge in [-0.2, -0.15) is 5.10 Å². The molecule has 0 atom stereocenters. The lowest BCUT2D eigenvalue weighted by Gasteiger charge is -2.08. The fourth-order valence-corrected chi connectivity index (χ4v) is 1.89. The number of para-hydroxylation sites is 2. The summed E-state index contributed by atoms with van der Waals surface area (Å²) in [4.78, 5) is 23.5. The Labute approximate surface area is 121 Å². The maximum Gasteiger partial charge on any atom is 0.359 e. The monoisotopic (exact) mass is 289 g/mol. The van der Waals surface area contributed by atoms with E-state index in [-0.39, 0.29) is 11.3 Å². The van der Waals surface area contributed by atoms with Crippen LogP contribution in [-0.2, 0) is 9.47 Å². The molecule has 7 nitrogen and oxygen atoms in total. The number of nitrogens with one attached hydrogen (secondary N) is 1. The lowest BCUT2D eigenvalue weighted by Crippen LogP contribution is -2.10. The lowest BCUT2D eigenvalue weighted by atomic mass is 10.2. The van der Waals surface area contributed by atoms with Gasteiger partial charge in [0, 0.05) is 13.2 Å². The molecule has 0 saturated carbocycles. The first kappa shape index (κ1) is 14.6. The summed E-state index contributed by atoms with van der Waals surface area (Å²) in [6.45, 7) is 0. The lowest BCUT2D eigenvalue weighted by molar-refractivity contribution is 0.0552. The highest BCUT2D eigenvalue weighted by Crippen LogP contribution is 2.21. The van der Waals surface area contributed by atoms with Crippen LogP contribution in [0.4, 0.5) is 5.69 Å². The number of hydrogen-bond donors (Lipinski definition) is 1. The van der Waals surface area contributed by atoms with Crippen LogP contribution in [0.3, 0.4) is 0 Å². The molecule has 1 aromatic heterocycles. The van der Waals surface area contributed by atoms with Gasteiger partial charge in [-0.05, 0) is 12.1 Å². The van der Waals surface area contributed by atoms with Gasteiger partial charge in [-0.1, -0.05) is 12.1 Å². The molecule has 0 unspecified atom stereocenters. The van der Waals surface area contributed by atoms with Crippen LogP contribution >= 0.6 is 0 Å². The van der Waals surface area contributed by atoms with Crippen molar-refractivity contribution in [3.8, 4) is 5.69 Å². The maximum atomic E-state index is 11.8. The van der Waals surface area contributed by atoms with Crippen LogP contribution in [0.5, 0.6) is 0 Å². The van der Waals surface area contributed by atoms with E-state index in [1.165, 1.54) is 25.1 Å². The third-order valence-electron chi connectivity index (χ3n) is 2.92. The van der Waals surface area contributed by atoms with Crippen molar-refractivity contribution < 1.29 is 19.1 Å². The smallest absolute Gasteiger partial charge is 0.359 e. The molecule has 1 N–H and O–H groups in total. The minimum Gasteiger partial charge on any atom is -0.465 e. The van der Waals surface area contributed by atoms with Crippen LogP contribution in [0, 0.1) is 0 Å². The highest BCUT2D eigenvalue weighted by molar-refractivity contribution is 6.01. The molecule has 0 saturated heterocycles. The van der Waals surface area contributed by atoms with Crippen molar-refractivity contribution in [3.05, 3.63) is 41.7 Å². The first-order valence-corrected chi connectivity index (χ1v) is 6.15. The van der Waals surface area contributed by atoms with Gasteiger partial charge < -0.3 is 14.8 Å². The zero-order valence-electron chi connectivity index (χ0n) is 11.9. The molecule has 0 bridgehead atoms. The summed E-state index contributed by atoms with van der Waals surface area (Å²) in [6, 6.07) is 7.35. The summed E-state index contributed by atoms with van der Waals surface area (Å²) in [5, 5.41) is 7.15. The second-order valence-corrected chi connectivity index (χ2v) is 4.09. The molecule has 1 heterocycles. The highest BCUT2D eigenvalue weighted by atomic mass is 16.5. The minimum atomic E-state index is -0.698. The Balaban J connectivity index is 2.58. The third kappa shape index (κ3) is 2.71. The predicted molar refractivity (Wildman–Crippen MR) is 75.8 cm³/mol. The maximum absolute atomic E-state index is 11.8. The van der Waals surface area contributed by atoms with Gasteiger partial charge in [-0.25, -0.2) is 14.3 Å². The molecule has 110 valence electrons. The normalized spacial score (nSPS) is 10.0. The molecule has 0 amide bonds. The molecular formula is C14H15N3O4. The zero-order chi connectivity index (χ0) is 15.4. The van der Waals surface area contributed by atoms with E-state index in [1.807, 2.05) is 18.2 Å². The van der Waals surface area contributed by atoms with Gasteiger partial charge >= 0.3 is 11.9 Å². The van der Waals surface area contributed by atoms with Gasteiger partial charge in [0.25, 0.3) is 0 Å². The van der Waals surface area contributed by atoms with Gasteiger partial charge in [-0.3, -0.25) is 0 Å². The SMILES string of the molecule is CNc1ccccc1-n1cc(C(=O)OC)c(C(=O)OC)n1. The Kier molecular flexibility index (Phi) is 4.22. The van der Waals surface area contributed by atoms with Crippen LogP contribution < -0.4 is 5.32 Å². The number of aromatic nitrogens is 2. The highest BCUT2D eigenvalue weighted by Gasteiger charge is 2.24. The quantitative estimate of drug-likeness (QED) is 0.859. The van der Waals surface area contributed by atoms with Crippen molar-refractivity contribution in [1.29, 1.82) is 0 Å². The molecule has 1 aromatic carbocycles. The van der Waals surface area contributed by atoms with Crippen molar-refractivity contribution in [2.75, 3.05) is 26.6 Å². The molecular weight excluding hydrogens is 274 g/mol. The van der Waals surface area contributed by atoms with Gasteiger partial charge in [0.1, 0.15) is 5.56 Å². The summed E-state index contributed by atoms with van der Waals surface area (Å²) in [6.07, 6.45) is 1.44. The van der Waals surface area contributed by atoms with Crippen LogP contribution in [-0.4, -0.2) is 43.0 Å². The molecule has 21 heavy (non-hydrogen) atoms. The van der Waals surface area contributed by atoms with Gasteiger partial charge in [0.15, 0.2) is 5.69 Å².